The predicted octanol–water partition coefficient (Wildman–Crippen LogP) is 3.39. The molecule has 0 amide bonds. The van der Waals surface area contributed by atoms with Gasteiger partial charge in [0.15, 0.2) is 0 Å². The van der Waals surface area contributed by atoms with Gasteiger partial charge in [-0.25, -0.2) is 4.39 Å². The number of hydrogen-bond donors (Lipinski definition) is 1. The fourth-order valence-electron chi connectivity index (χ4n) is 3.16. The first-order chi connectivity index (χ1) is 8.55. The van der Waals surface area contributed by atoms with Crippen LogP contribution < -0.4 is 0 Å². The molecule has 1 N–H and O–H groups in total. The highest BCUT2D eigenvalue weighted by molar-refractivity contribution is 5.29. The maximum Gasteiger partial charge on any atom is 0.123 e. The first-order valence-electron chi connectivity index (χ1n) is 6.72. The Kier molecular flexibility index (Phi) is 3.27. The first-order valence-corrected chi connectivity index (χ1v) is 6.72. The third-order valence-electron chi connectivity index (χ3n) is 4.16. The highest BCUT2D eigenvalue weighted by Crippen LogP contribution is 2.46. The third kappa shape index (κ3) is 2.67. The molecule has 0 radical (unpaired) electrons. The maximum absolute atomic E-state index is 13.4. The normalized spacial score (nSPS) is 28.6. The molecule has 1 saturated heterocycles. The molecule has 0 aromatic heterocycles. The van der Waals surface area contributed by atoms with E-state index in [0.29, 0.717) is 12.8 Å². The van der Waals surface area contributed by atoms with Gasteiger partial charge < -0.3 is 9.84 Å². The van der Waals surface area contributed by atoms with E-state index in [1.807, 2.05) is 34.6 Å². The van der Waals surface area contributed by atoms with Crippen molar-refractivity contribution in [2.75, 3.05) is 0 Å². The number of ether oxygens (including phenoxy) is 1. The van der Waals surface area contributed by atoms with Crippen molar-refractivity contribution in [2.45, 2.75) is 64.3 Å². The average Bonchev–Trinajstić information content (AvgIpc) is 2.36. The summed E-state index contributed by atoms with van der Waals surface area (Å²) in [5.41, 5.74) is -0.142. The van der Waals surface area contributed by atoms with Crippen molar-refractivity contribution in [3.8, 4) is 0 Å². The summed E-state index contributed by atoms with van der Waals surface area (Å²) in [6, 6.07) is 4.71. The molecule has 1 fully saturated rings. The van der Waals surface area contributed by atoms with E-state index in [-0.39, 0.29) is 11.4 Å². The van der Waals surface area contributed by atoms with Crippen LogP contribution in [0.2, 0.25) is 0 Å². The molecule has 0 saturated carbocycles. The lowest BCUT2D eigenvalue weighted by atomic mass is 9.77. The van der Waals surface area contributed by atoms with E-state index in [4.69, 9.17) is 4.74 Å². The highest BCUT2D eigenvalue weighted by Gasteiger charge is 2.56. The van der Waals surface area contributed by atoms with Crippen molar-refractivity contribution >= 4 is 0 Å². The van der Waals surface area contributed by atoms with Crippen molar-refractivity contribution in [3.63, 3.8) is 0 Å². The van der Waals surface area contributed by atoms with Gasteiger partial charge in [-0.15, -0.1) is 0 Å². The van der Waals surface area contributed by atoms with Gasteiger partial charge in [-0.05, 0) is 57.9 Å². The molecule has 3 heteroatoms. The van der Waals surface area contributed by atoms with Crippen LogP contribution >= 0.6 is 0 Å². The smallest absolute Gasteiger partial charge is 0.123 e. The topological polar surface area (TPSA) is 29.5 Å². The predicted molar refractivity (Wildman–Crippen MR) is 73.7 cm³/mol. The van der Waals surface area contributed by atoms with Crippen molar-refractivity contribution < 1.29 is 14.2 Å². The van der Waals surface area contributed by atoms with Crippen LogP contribution in [-0.4, -0.2) is 21.9 Å². The number of rotatable bonds is 2. The van der Waals surface area contributed by atoms with E-state index < -0.39 is 11.2 Å². The van der Waals surface area contributed by atoms with Crippen LogP contribution in [0.1, 0.15) is 45.2 Å². The molecule has 1 aliphatic heterocycles. The largest absolute Gasteiger partial charge is 0.386 e. The second kappa shape index (κ2) is 4.29. The van der Waals surface area contributed by atoms with E-state index in [1.165, 1.54) is 12.1 Å². The minimum atomic E-state index is -0.977. The lowest BCUT2D eigenvalue weighted by molar-refractivity contribution is -0.125. The molecule has 0 spiro atoms. The maximum atomic E-state index is 13.4. The molecule has 1 aromatic rings. The van der Waals surface area contributed by atoms with Gasteiger partial charge in [0.05, 0.1) is 16.8 Å². The zero-order chi connectivity index (χ0) is 14.5. The summed E-state index contributed by atoms with van der Waals surface area (Å²) in [4.78, 5) is 0. The summed E-state index contributed by atoms with van der Waals surface area (Å²) >= 11 is 0. The monoisotopic (exact) mass is 266 g/mol. The lowest BCUT2D eigenvalue weighted by Gasteiger charge is -2.35. The first kappa shape index (κ1) is 14.5. The molecular formula is C16H23FO2. The minimum Gasteiger partial charge on any atom is -0.386 e. The Hall–Kier alpha value is -0.930. The van der Waals surface area contributed by atoms with E-state index in [9.17, 15) is 9.50 Å². The van der Waals surface area contributed by atoms with Gasteiger partial charge in [0.1, 0.15) is 5.82 Å². The number of aliphatic hydroxyl groups is 1. The molecule has 2 nitrogen and oxygen atoms in total. The Morgan fingerprint density at radius 1 is 1.26 bits per heavy atom. The van der Waals surface area contributed by atoms with Gasteiger partial charge in [-0.1, -0.05) is 6.07 Å². The summed E-state index contributed by atoms with van der Waals surface area (Å²) in [5.74, 6) is -0.264. The van der Waals surface area contributed by atoms with Crippen LogP contribution in [0.5, 0.6) is 0 Å². The van der Waals surface area contributed by atoms with E-state index in [1.54, 1.807) is 6.07 Å². The summed E-state index contributed by atoms with van der Waals surface area (Å²) in [6.45, 7) is 9.69. The van der Waals surface area contributed by atoms with Gasteiger partial charge in [0.2, 0.25) is 0 Å². The van der Waals surface area contributed by atoms with Crippen molar-refractivity contribution in [1.82, 2.24) is 0 Å². The van der Waals surface area contributed by atoms with Crippen LogP contribution in [0.4, 0.5) is 4.39 Å². The minimum absolute atomic E-state index is 0.264. The summed E-state index contributed by atoms with van der Waals surface area (Å²) in [6.07, 6.45) is 0.954. The molecule has 1 heterocycles. The summed E-state index contributed by atoms with van der Waals surface area (Å²) in [5, 5.41) is 11.0. The molecule has 1 unspecified atom stereocenters. The summed E-state index contributed by atoms with van der Waals surface area (Å²) in [7, 11) is 0. The molecule has 1 aliphatic rings. The highest BCUT2D eigenvalue weighted by atomic mass is 19.1. The Bertz CT molecular complexity index is 494. The van der Waals surface area contributed by atoms with Crippen molar-refractivity contribution in [2.24, 2.45) is 0 Å². The van der Waals surface area contributed by atoms with Crippen LogP contribution in [0, 0.1) is 12.7 Å². The van der Waals surface area contributed by atoms with Crippen molar-refractivity contribution in [1.29, 1.82) is 0 Å². The molecule has 19 heavy (non-hydrogen) atoms. The molecule has 0 bridgehead atoms. The number of hydrogen-bond acceptors (Lipinski definition) is 2. The molecule has 2 rings (SSSR count). The standard InChI is InChI=1S/C16H23FO2/c1-11-6-7-13(17)8-12(11)9-16(18)10-14(2,3)19-15(16,4)5/h6-8,18H,9-10H2,1-5H3. The van der Waals surface area contributed by atoms with Crippen molar-refractivity contribution in [3.05, 3.63) is 35.1 Å². The quantitative estimate of drug-likeness (QED) is 0.889. The van der Waals surface area contributed by atoms with Crippen LogP contribution in [0.15, 0.2) is 18.2 Å². The van der Waals surface area contributed by atoms with Crippen LogP contribution in [-0.2, 0) is 11.2 Å². The SMILES string of the molecule is Cc1ccc(F)cc1CC1(O)CC(C)(C)OC1(C)C. The number of benzene rings is 1. The zero-order valence-corrected chi connectivity index (χ0v) is 12.4. The zero-order valence-electron chi connectivity index (χ0n) is 12.4. The third-order valence-corrected chi connectivity index (χ3v) is 4.16. The second-order valence-corrected chi connectivity index (χ2v) is 6.83. The Morgan fingerprint density at radius 2 is 1.89 bits per heavy atom. The van der Waals surface area contributed by atoms with Crippen LogP contribution in [0.3, 0.4) is 0 Å². The molecule has 0 aliphatic carbocycles. The van der Waals surface area contributed by atoms with Gasteiger partial charge in [-0.2, -0.15) is 0 Å². The Labute approximate surface area is 114 Å². The van der Waals surface area contributed by atoms with Gasteiger partial charge in [-0.3, -0.25) is 0 Å². The fourth-order valence-corrected chi connectivity index (χ4v) is 3.16. The number of halogens is 1. The lowest BCUT2D eigenvalue weighted by Crippen LogP contribution is -2.48. The second-order valence-electron chi connectivity index (χ2n) is 6.83. The Morgan fingerprint density at radius 3 is 2.42 bits per heavy atom. The molecule has 1 atom stereocenters. The van der Waals surface area contributed by atoms with Gasteiger partial charge in [0.25, 0.3) is 0 Å². The average molecular weight is 266 g/mol. The number of aryl methyl sites for hydroxylation is 1. The van der Waals surface area contributed by atoms with E-state index in [2.05, 4.69) is 0 Å². The molecule has 106 valence electrons. The molecular weight excluding hydrogens is 243 g/mol. The van der Waals surface area contributed by atoms with E-state index >= 15 is 0 Å². The fraction of sp³-hybridized carbons (Fsp3) is 0.625. The Balaban J connectivity index is 2.34. The van der Waals surface area contributed by atoms with Crippen LogP contribution in [0.25, 0.3) is 0 Å². The van der Waals surface area contributed by atoms with Gasteiger partial charge in [0, 0.05) is 12.8 Å². The van der Waals surface area contributed by atoms with E-state index in [0.717, 1.165) is 11.1 Å². The molecule has 1 aromatic carbocycles. The van der Waals surface area contributed by atoms with Gasteiger partial charge >= 0.3 is 0 Å². The summed E-state index contributed by atoms with van der Waals surface area (Å²) < 4.78 is 19.3.